The summed E-state index contributed by atoms with van der Waals surface area (Å²) >= 11 is 0. The number of β-amino-alcohol motifs (C(OH)–C–C–N with tert-alkyl or cyclic N) is 1. The molecule has 1 aliphatic rings. The number of carbonyl (C=O) groups excluding carboxylic acids is 2. The standard InChI is InChI=1S/C21H19F3N2O5/c1-30-20(29)15-12-26(10-11-27)19(28)18(15)25-16-8-4-2-6-13(16)14-7-3-5-9-17(14)31-21(22,23)24/h2-9,25,27H,10-12H2,1H3. The molecule has 10 heteroatoms. The number of amides is 1. The fraction of sp³-hybridized carbons (Fsp3) is 0.238. The average molecular weight is 436 g/mol. The van der Waals surface area contributed by atoms with E-state index in [2.05, 4.69) is 10.1 Å². The quantitative estimate of drug-likeness (QED) is 0.649. The van der Waals surface area contributed by atoms with Crippen LogP contribution < -0.4 is 10.1 Å². The number of alkyl halides is 3. The molecule has 1 amide bonds. The van der Waals surface area contributed by atoms with Crippen LogP contribution in [0.25, 0.3) is 11.1 Å². The Hall–Kier alpha value is -3.53. The molecular weight excluding hydrogens is 417 g/mol. The van der Waals surface area contributed by atoms with E-state index in [-0.39, 0.29) is 42.2 Å². The molecule has 1 heterocycles. The molecule has 3 rings (SSSR count). The normalized spacial score (nSPS) is 14.1. The molecule has 0 saturated heterocycles. The molecule has 1 aliphatic heterocycles. The van der Waals surface area contributed by atoms with Gasteiger partial charge < -0.3 is 24.8 Å². The number of nitrogens with one attached hydrogen (secondary N) is 1. The average Bonchev–Trinajstić information content (AvgIpc) is 3.03. The molecule has 0 aromatic heterocycles. The summed E-state index contributed by atoms with van der Waals surface area (Å²) in [5.41, 5.74) is 0.738. The van der Waals surface area contributed by atoms with Gasteiger partial charge in [0.15, 0.2) is 0 Å². The molecule has 0 spiro atoms. The Morgan fingerprint density at radius 3 is 2.42 bits per heavy atom. The number of carbonyl (C=O) groups is 2. The number of benzene rings is 2. The number of rotatable bonds is 7. The van der Waals surface area contributed by atoms with Crippen molar-refractivity contribution in [3.05, 3.63) is 59.8 Å². The van der Waals surface area contributed by atoms with Crippen molar-refractivity contribution in [3.8, 4) is 16.9 Å². The number of anilines is 1. The van der Waals surface area contributed by atoms with Gasteiger partial charge >= 0.3 is 12.3 Å². The van der Waals surface area contributed by atoms with Gasteiger partial charge in [-0.15, -0.1) is 13.2 Å². The minimum Gasteiger partial charge on any atom is -0.466 e. The van der Waals surface area contributed by atoms with Gasteiger partial charge in [0.2, 0.25) is 0 Å². The van der Waals surface area contributed by atoms with Gasteiger partial charge in [0.25, 0.3) is 5.91 Å². The highest BCUT2D eigenvalue weighted by Crippen LogP contribution is 2.38. The van der Waals surface area contributed by atoms with Crippen molar-refractivity contribution in [2.45, 2.75) is 6.36 Å². The first-order valence-electron chi connectivity index (χ1n) is 9.18. The number of esters is 1. The predicted octanol–water partition coefficient (Wildman–Crippen LogP) is 2.93. The van der Waals surface area contributed by atoms with Gasteiger partial charge in [-0.3, -0.25) is 4.79 Å². The van der Waals surface area contributed by atoms with Gasteiger partial charge in [-0.25, -0.2) is 4.79 Å². The van der Waals surface area contributed by atoms with Crippen molar-refractivity contribution in [1.29, 1.82) is 0 Å². The lowest BCUT2D eigenvalue weighted by molar-refractivity contribution is -0.274. The Morgan fingerprint density at radius 1 is 1.13 bits per heavy atom. The fourth-order valence-electron chi connectivity index (χ4n) is 3.21. The largest absolute Gasteiger partial charge is 0.573 e. The zero-order chi connectivity index (χ0) is 22.6. The molecule has 0 atom stereocenters. The second-order valence-corrected chi connectivity index (χ2v) is 6.51. The Kier molecular flexibility index (Phi) is 6.50. The summed E-state index contributed by atoms with van der Waals surface area (Å²) in [6, 6.07) is 12.0. The van der Waals surface area contributed by atoms with Gasteiger partial charge in [0, 0.05) is 23.4 Å². The molecule has 0 radical (unpaired) electrons. The molecule has 0 unspecified atom stereocenters. The molecule has 2 aromatic carbocycles. The van der Waals surface area contributed by atoms with Crippen LogP contribution in [0.15, 0.2) is 59.8 Å². The number of aliphatic hydroxyl groups excluding tert-OH is 1. The van der Waals surface area contributed by atoms with Gasteiger partial charge in [-0.2, -0.15) is 0 Å². The highest BCUT2D eigenvalue weighted by molar-refractivity contribution is 6.09. The molecule has 0 aliphatic carbocycles. The molecule has 31 heavy (non-hydrogen) atoms. The number of hydrogen-bond acceptors (Lipinski definition) is 6. The van der Waals surface area contributed by atoms with Crippen LogP contribution in [0.4, 0.5) is 18.9 Å². The van der Waals surface area contributed by atoms with Crippen molar-refractivity contribution in [2.24, 2.45) is 0 Å². The molecule has 2 aromatic rings. The maximum atomic E-state index is 12.8. The Morgan fingerprint density at radius 2 is 1.77 bits per heavy atom. The van der Waals surface area contributed by atoms with Gasteiger partial charge in [-0.05, 0) is 12.1 Å². The van der Waals surface area contributed by atoms with Crippen LogP contribution in [-0.4, -0.2) is 55.1 Å². The predicted molar refractivity (Wildman–Crippen MR) is 105 cm³/mol. The van der Waals surface area contributed by atoms with Crippen LogP contribution in [0.3, 0.4) is 0 Å². The summed E-state index contributed by atoms with van der Waals surface area (Å²) in [6.07, 6.45) is -4.88. The van der Waals surface area contributed by atoms with Crippen molar-refractivity contribution in [2.75, 3.05) is 32.1 Å². The van der Waals surface area contributed by atoms with E-state index >= 15 is 0 Å². The molecular formula is C21H19F3N2O5. The van der Waals surface area contributed by atoms with E-state index < -0.39 is 24.0 Å². The molecule has 0 saturated carbocycles. The lowest BCUT2D eigenvalue weighted by atomic mass is 10.0. The Labute approximate surface area is 175 Å². The second-order valence-electron chi connectivity index (χ2n) is 6.51. The smallest absolute Gasteiger partial charge is 0.466 e. The number of halogens is 3. The van der Waals surface area contributed by atoms with E-state index in [0.29, 0.717) is 5.56 Å². The Balaban J connectivity index is 2.04. The summed E-state index contributed by atoms with van der Waals surface area (Å²) in [4.78, 5) is 26.2. The van der Waals surface area contributed by atoms with E-state index in [1.807, 2.05) is 0 Å². The topological polar surface area (TPSA) is 88.1 Å². The number of nitrogens with zero attached hydrogens (tertiary/aromatic N) is 1. The van der Waals surface area contributed by atoms with Crippen LogP contribution in [0, 0.1) is 0 Å². The maximum Gasteiger partial charge on any atom is 0.573 e. The van der Waals surface area contributed by atoms with Crippen molar-refractivity contribution in [1.82, 2.24) is 4.90 Å². The summed E-state index contributed by atoms with van der Waals surface area (Å²) in [7, 11) is 1.17. The molecule has 2 N–H and O–H groups in total. The monoisotopic (exact) mass is 436 g/mol. The van der Waals surface area contributed by atoms with E-state index in [9.17, 15) is 22.8 Å². The SMILES string of the molecule is COC(=O)C1=C(Nc2ccccc2-c2ccccc2OC(F)(F)F)C(=O)N(CCO)C1. The van der Waals surface area contributed by atoms with Gasteiger partial charge in [-0.1, -0.05) is 36.4 Å². The first kappa shape index (κ1) is 22.2. The highest BCUT2D eigenvalue weighted by Gasteiger charge is 2.35. The zero-order valence-electron chi connectivity index (χ0n) is 16.4. The molecule has 164 valence electrons. The zero-order valence-corrected chi connectivity index (χ0v) is 16.4. The first-order valence-corrected chi connectivity index (χ1v) is 9.18. The lowest BCUT2D eigenvalue weighted by Crippen LogP contribution is -2.31. The molecule has 0 bridgehead atoms. The number of methoxy groups -OCH3 is 1. The van der Waals surface area contributed by atoms with E-state index in [0.717, 1.165) is 0 Å². The Bertz CT molecular complexity index is 1020. The van der Waals surface area contributed by atoms with Crippen LogP contribution in [0.2, 0.25) is 0 Å². The summed E-state index contributed by atoms with van der Waals surface area (Å²) in [6.45, 7) is -0.356. The summed E-state index contributed by atoms with van der Waals surface area (Å²) in [5, 5.41) is 12.0. The number of ether oxygens (including phenoxy) is 2. The number of hydrogen-bond donors (Lipinski definition) is 2. The second kappa shape index (κ2) is 9.09. The number of aliphatic hydroxyl groups is 1. The maximum absolute atomic E-state index is 12.8. The summed E-state index contributed by atoms with van der Waals surface area (Å²) in [5.74, 6) is -1.68. The van der Waals surface area contributed by atoms with Crippen molar-refractivity contribution in [3.63, 3.8) is 0 Å². The van der Waals surface area contributed by atoms with Gasteiger partial charge in [0.05, 0.1) is 25.8 Å². The van der Waals surface area contributed by atoms with E-state index in [1.54, 1.807) is 30.3 Å². The summed E-state index contributed by atoms with van der Waals surface area (Å²) < 4.78 is 47.4. The van der Waals surface area contributed by atoms with Crippen molar-refractivity contribution < 1.29 is 37.3 Å². The first-order chi connectivity index (χ1) is 14.7. The van der Waals surface area contributed by atoms with Crippen LogP contribution >= 0.6 is 0 Å². The van der Waals surface area contributed by atoms with E-state index in [4.69, 9.17) is 9.84 Å². The third kappa shape index (κ3) is 4.97. The van der Waals surface area contributed by atoms with Crippen LogP contribution in [0.5, 0.6) is 5.75 Å². The van der Waals surface area contributed by atoms with Crippen LogP contribution in [-0.2, 0) is 14.3 Å². The minimum atomic E-state index is -4.88. The van der Waals surface area contributed by atoms with E-state index in [1.165, 1.54) is 30.2 Å². The van der Waals surface area contributed by atoms with Crippen molar-refractivity contribution >= 4 is 17.6 Å². The molecule has 7 nitrogen and oxygen atoms in total. The third-order valence-corrected chi connectivity index (χ3v) is 4.54. The van der Waals surface area contributed by atoms with Gasteiger partial charge in [0.1, 0.15) is 11.4 Å². The number of para-hydroxylation sites is 2. The lowest BCUT2D eigenvalue weighted by Gasteiger charge is -2.18. The fourth-order valence-corrected chi connectivity index (χ4v) is 3.21. The minimum absolute atomic E-state index is 0.00834. The van der Waals surface area contributed by atoms with Crippen LogP contribution in [0.1, 0.15) is 0 Å². The highest BCUT2D eigenvalue weighted by atomic mass is 19.4. The molecule has 0 fully saturated rings. The third-order valence-electron chi connectivity index (χ3n) is 4.54.